The Bertz CT molecular complexity index is 678. The number of nitrogens with one attached hydrogen (secondary N) is 3. The lowest BCUT2D eigenvalue weighted by Crippen LogP contribution is -2.45. The van der Waals surface area contributed by atoms with Crippen molar-refractivity contribution in [2.24, 2.45) is 0 Å². The molecule has 0 saturated carbocycles. The first-order chi connectivity index (χ1) is 11.3. The predicted molar refractivity (Wildman–Crippen MR) is 89.6 cm³/mol. The summed E-state index contributed by atoms with van der Waals surface area (Å²) in [6, 6.07) is 9.01. The first kappa shape index (κ1) is 18.2. The highest BCUT2D eigenvalue weighted by Gasteiger charge is 2.30. The zero-order valence-corrected chi connectivity index (χ0v) is 14.3. The van der Waals surface area contributed by atoms with Crippen molar-refractivity contribution in [2.45, 2.75) is 19.0 Å². The van der Waals surface area contributed by atoms with Gasteiger partial charge in [0, 0.05) is 32.6 Å². The van der Waals surface area contributed by atoms with Crippen LogP contribution in [0.1, 0.15) is 12.0 Å². The topological polar surface area (TPSA) is 108 Å². The second kappa shape index (κ2) is 8.11. The standard InChI is InChI=1S/C15H22N4O4S/c1-24(22,23)17-8-7-16-15(21)18-13-9-14(20)19(11-13)10-12-5-3-2-4-6-12/h2-6,13,17H,7-11H2,1H3,(H2,16,18,21)/t13-/m1/s1. The fourth-order valence-corrected chi connectivity index (χ4v) is 2.95. The van der Waals surface area contributed by atoms with Crippen LogP contribution in [0.3, 0.4) is 0 Å². The maximum absolute atomic E-state index is 12.0. The van der Waals surface area contributed by atoms with E-state index >= 15 is 0 Å². The summed E-state index contributed by atoms with van der Waals surface area (Å²) in [4.78, 5) is 25.5. The fraction of sp³-hybridized carbons (Fsp3) is 0.467. The molecule has 8 nitrogen and oxygen atoms in total. The summed E-state index contributed by atoms with van der Waals surface area (Å²) >= 11 is 0. The molecule has 0 bridgehead atoms. The molecule has 132 valence electrons. The predicted octanol–water partition coefficient (Wildman–Crippen LogP) is -0.364. The maximum atomic E-state index is 12.0. The molecule has 1 aliphatic heterocycles. The van der Waals surface area contributed by atoms with E-state index in [0.717, 1.165) is 11.8 Å². The van der Waals surface area contributed by atoms with E-state index in [1.807, 2.05) is 30.3 Å². The SMILES string of the molecule is CS(=O)(=O)NCCNC(=O)N[C@@H]1CC(=O)N(Cc2ccccc2)C1. The molecule has 1 aliphatic rings. The minimum absolute atomic E-state index is 0.00268. The zero-order chi connectivity index (χ0) is 17.6. The Morgan fingerprint density at radius 2 is 1.96 bits per heavy atom. The minimum Gasteiger partial charge on any atom is -0.337 e. The van der Waals surface area contributed by atoms with Crippen LogP contribution >= 0.6 is 0 Å². The Hall–Kier alpha value is -2.13. The molecule has 0 aromatic heterocycles. The van der Waals surface area contributed by atoms with Crippen LogP contribution in [0.5, 0.6) is 0 Å². The first-order valence-electron chi connectivity index (χ1n) is 7.64. The molecule has 0 aliphatic carbocycles. The third kappa shape index (κ3) is 6.17. The van der Waals surface area contributed by atoms with E-state index < -0.39 is 16.1 Å². The molecule has 1 aromatic carbocycles. The van der Waals surface area contributed by atoms with E-state index in [0.29, 0.717) is 13.1 Å². The number of benzene rings is 1. The van der Waals surface area contributed by atoms with Crippen LogP contribution in [-0.4, -0.2) is 57.2 Å². The van der Waals surface area contributed by atoms with Crippen molar-refractivity contribution in [1.29, 1.82) is 0 Å². The molecule has 0 radical (unpaired) electrons. The molecule has 1 heterocycles. The van der Waals surface area contributed by atoms with Crippen LogP contribution in [0, 0.1) is 0 Å². The molecule has 1 atom stereocenters. The van der Waals surface area contributed by atoms with Gasteiger partial charge < -0.3 is 15.5 Å². The van der Waals surface area contributed by atoms with Gasteiger partial charge in [-0.3, -0.25) is 4.79 Å². The number of hydrogen-bond donors (Lipinski definition) is 3. The quantitative estimate of drug-likeness (QED) is 0.581. The molecule has 0 unspecified atom stereocenters. The normalized spacial score (nSPS) is 17.8. The largest absolute Gasteiger partial charge is 0.337 e. The summed E-state index contributed by atoms with van der Waals surface area (Å²) in [6.07, 6.45) is 1.32. The van der Waals surface area contributed by atoms with E-state index in [1.165, 1.54) is 0 Å². The van der Waals surface area contributed by atoms with Crippen LogP contribution in [0.15, 0.2) is 30.3 Å². The number of amides is 3. The van der Waals surface area contributed by atoms with Gasteiger partial charge in [0.05, 0.1) is 12.3 Å². The summed E-state index contributed by atoms with van der Waals surface area (Å²) in [6.45, 7) is 1.28. The molecule has 2 rings (SSSR count). The number of rotatable bonds is 7. The minimum atomic E-state index is -3.26. The lowest BCUT2D eigenvalue weighted by molar-refractivity contribution is -0.128. The van der Waals surface area contributed by atoms with Crippen molar-refractivity contribution in [3.05, 3.63) is 35.9 Å². The number of carbonyl (C=O) groups excluding carboxylic acids is 2. The van der Waals surface area contributed by atoms with Gasteiger partial charge in [0.25, 0.3) is 0 Å². The van der Waals surface area contributed by atoms with E-state index in [1.54, 1.807) is 4.90 Å². The van der Waals surface area contributed by atoms with Gasteiger partial charge in [-0.05, 0) is 5.56 Å². The van der Waals surface area contributed by atoms with Crippen LogP contribution in [0.2, 0.25) is 0 Å². The zero-order valence-electron chi connectivity index (χ0n) is 13.5. The lowest BCUT2D eigenvalue weighted by atomic mass is 10.2. The Morgan fingerprint density at radius 3 is 2.62 bits per heavy atom. The number of urea groups is 1. The van der Waals surface area contributed by atoms with Gasteiger partial charge in [-0.15, -0.1) is 0 Å². The fourth-order valence-electron chi connectivity index (χ4n) is 2.47. The second-order valence-corrected chi connectivity index (χ2v) is 7.56. The van der Waals surface area contributed by atoms with Crippen molar-refractivity contribution in [2.75, 3.05) is 25.9 Å². The number of carbonyl (C=O) groups is 2. The maximum Gasteiger partial charge on any atom is 0.315 e. The molecule has 1 saturated heterocycles. The van der Waals surface area contributed by atoms with Crippen LogP contribution in [0.25, 0.3) is 0 Å². The summed E-state index contributed by atoms with van der Waals surface area (Å²) in [5, 5.41) is 5.29. The highest BCUT2D eigenvalue weighted by molar-refractivity contribution is 7.88. The van der Waals surface area contributed by atoms with Gasteiger partial charge in [-0.1, -0.05) is 30.3 Å². The third-order valence-electron chi connectivity index (χ3n) is 3.54. The number of sulfonamides is 1. The lowest BCUT2D eigenvalue weighted by Gasteiger charge is -2.17. The van der Waals surface area contributed by atoms with Gasteiger partial charge in [0.2, 0.25) is 15.9 Å². The highest BCUT2D eigenvalue weighted by Crippen LogP contribution is 2.14. The van der Waals surface area contributed by atoms with Gasteiger partial charge in [0.1, 0.15) is 0 Å². The molecular formula is C15H22N4O4S. The number of nitrogens with zero attached hydrogens (tertiary/aromatic N) is 1. The first-order valence-corrected chi connectivity index (χ1v) is 9.53. The smallest absolute Gasteiger partial charge is 0.315 e. The van der Waals surface area contributed by atoms with Crippen molar-refractivity contribution in [3.8, 4) is 0 Å². The van der Waals surface area contributed by atoms with Gasteiger partial charge in [-0.25, -0.2) is 17.9 Å². The third-order valence-corrected chi connectivity index (χ3v) is 4.27. The molecule has 24 heavy (non-hydrogen) atoms. The van der Waals surface area contributed by atoms with Crippen LogP contribution in [-0.2, 0) is 21.4 Å². The summed E-state index contributed by atoms with van der Waals surface area (Å²) in [7, 11) is -3.26. The molecule has 3 amide bonds. The molecule has 1 fully saturated rings. The molecule has 9 heteroatoms. The Labute approximate surface area is 141 Å². The number of hydrogen-bond acceptors (Lipinski definition) is 4. The van der Waals surface area contributed by atoms with Crippen molar-refractivity contribution < 1.29 is 18.0 Å². The van der Waals surface area contributed by atoms with Gasteiger partial charge in [0.15, 0.2) is 0 Å². The molecule has 1 aromatic rings. The van der Waals surface area contributed by atoms with Crippen LogP contribution < -0.4 is 15.4 Å². The van der Waals surface area contributed by atoms with Crippen LogP contribution in [0.4, 0.5) is 4.79 Å². The Balaban J connectivity index is 1.72. The monoisotopic (exact) mass is 354 g/mol. The molecule has 0 spiro atoms. The van der Waals surface area contributed by atoms with Crippen molar-refractivity contribution in [3.63, 3.8) is 0 Å². The molecular weight excluding hydrogens is 332 g/mol. The Kier molecular flexibility index (Phi) is 6.16. The van der Waals surface area contributed by atoms with Gasteiger partial charge in [-0.2, -0.15) is 0 Å². The van der Waals surface area contributed by atoms with Gasteiger partial charge >= 0.3 is 6.03 Å². The average Bonchev–Trinajstić information content (AvgIpc) is 2.83. The van der Waals surface area contributed by atoms with Crippen molar-refractivity contribution >= 4 is 22.0 Å². The number of likely N-dealkylation sites (tertiary alicyclic amines) is 1. The van der Waals surface area contributed by atoms with E-state index in [-0.39, 0.29) is 31.5 Å². The second-order valence-electron chi connectivity index (χ2n) is 5.73. The molecule has 3 N–H and O–H groups in total. The average molecular weight is 354 g/mol. The summed E-state index contributed by atoms with van der Waals surface area (Å²) < 4.78 is 24.1. The summed E-state index contributed by atoms with van der Waals surface area (Å²) in [5.74, 6) is 0.00268. The van der Waals surface area contributed by atoms with E-state index in [2.05, 4.69) is 15.4 Å². The van der Waals surface area contributed by atoms with Crippen molar-refractivity contribution in [1.82, 2.24) is 20.3 Å². The highest BCUT2D eigenvalue weighted by atomic mass is 32.2. The van der Waals surface area contributed by atoms with E-state index in [4.69, 9.17) is 0 Å². The summed E-state index contributed by atoms with van der Waals surface area (Å²) in [5.41, 5.74) is 1.04. The Morgan fingerprint density at radius 1 is 1.25 bits per heavy atom. The van der Waals surface area contributed by atoms with E-state index in [9.17, 15) is 18.0 Å².